The molecule has 0 saturated heterocycles. The van der Waals surface area contributed by atoms with Crippen molar-refractivity contribution in [1.82, 2.24) is 4.98 Å². The van der Waals surface area contributed by atoms with Gasteiger partial charge in [-0.1, -0.05) is 18.2 Å². The Morgan fingerprint density at radius 3 is 2.48 bits per heavy atom. The van der Waals surface area contributed by atoms with Crippen LogP contribution in [0, 0.1) is 0 Å². The van der Waals surface area contributed by atoms with E-state index in [9.17, 15) is 12.9 Å². The van der Waals surface area contributed by atoms with Crippen LogP contribution in [0.25, 0.3) is 0 Å². The van der Waals surface area contributed by atoms with E-state index in [-0.39, 0.29) is 63.7 Å². The number of rotatable bonds is 5. The number of hydrogen-bond acceptors (Lipinski definition) is 3. The standard InChI is InChI=1S/C13H12BF3NO2.K/c1-19-13-7-3-5-11(18-13)9-20-12-6-2-4-10(8-12)14(15,16)17;/h2-8H,9H2,1H3;/q-1;+1. The number of nitrogens with zero attached hydrogens (tertiary/aromatic N) is 1. The molecule has 2 aromatic rings. The summed E-state index contributed by atoms with van der Waals surface area (Å²) in [5.41, 5.74) is -0.103. The van der Waals surface area contributed by atoms with Gasteiger partial charge in [-0.15, -0.1) is 5.46 Å². The van der Waals surface area contributed by atoms with E-state index in [0.29, 0.717) is 11.6 Å². The second-order valence-electron chi connectivity index (χ2n) is 4.11. The summed E-state index contributed by atoms with van der Waals surface area (Å²) in [5.74, 6) is 0.588. The molecule has 0 aliphatic rings. The summed E-state index contributed by atoms with van der Waals surface area (Å²) in [6, 6.07) is 9.93. The molecule has 0 saturated carbocycles. The van der Waals surface area contributed by atoms with Crippen molar-refractivity contribution in [2.24, 2.45) is 0 Å². The van der Waals surface area contributed by atoms with Crippen LogP contribution in [-0.4, -0.2) is 19.1 Å². The molecule has 21 heavy (non-hydrogen) atoms. The number of benzene rings is 1. The summed E-state index contributed by atoms with van der Waals surface area (Å²) in [6.45, 7) is -4.95. The molecule has 0 radical (unpaired) electrons. The zero-order chi connectivity index (χ0) is 14.6. The quantitative estimate of drug-likeness (QED) is 0.711. The molecule has 0 spiro atoms. The first-order chi connectivity index (χ1) is 9.49. The molecule has 0 N–H and O–H groups in total. The summed E-state index contributed by atoms with van der Waals surface area (Å²) < 4.78 is 48.1. The van der Waals surface area contributed by atoms with Crippen molar-refractivity contribution < 1.29 is 73.8 Å². The second-order valence-corrected chi connectivity index (χ2v) is 4.11. The molecule has 106 valence electrons. The van der Waals surface area contributed by atoms with E-state index in [2.05, 4.69) is 4.98 Å². The van der Waals surface area contributed by atoms with Crippen LogP contribution in [0.3, 0.4) is 0 Å². The summed E-state index contributed by atoms with van der Waals surface area (Å²) in [4.78, 5) is 4.11. The van der Waals surface area contributed by atoms with Gasteiger partial charge in [0.15, 0.2) is 0 Å². The average molecular weight is 321 g/mol. The molecule has 0 bridgehead atoms. The zero-order valence-electron chi connectivity index (χ0n) is 11.7. The van der Waals surface area contributed by atoms with Crippen LogP contribution in [0.15, 0.2) is 42.5 Å². The fourth-order valence-electron chi connectivity index (χ4n) is 1.62. The van der Waals surface area contributed by atoms with Gasteiger partial charge in [-0.2, -0.15) is 0 Å². The third kappa shape index (κ3) is 5.63. The van der Waals surface area contributed by atoms with Crippen LogP contribution < -0.4 is 66.3 Å². The van der Waals surface area contributed by atoms with Gasteiger partial charge in [-0.05, 0) is 18.2 Å². The van der Waals surface area contributed by atoms with Crippen LogP contribution in [0.1, 0.15) is 5.69 Å². The van der Waals surface area contributed by atoms with Crippen LogP contribution >= 0.6 is 0 Å². The van der Waals surface area contributed by atoms with E-state index in [1.165, 1.54) is 19.2 Å². The van der Waals surface area contributed by atoms with Gasteiger partial charge in [0.25, 0.3) is 0 Å². The van der Waals surface area contributed by atoms with Crippen molar-refractivity contribution in [1.29, 1.82) is 0 Å². The zero-order valence-corrected chi connectivity index (χ0v) is 14.8. The van der Waals surface area contributed by atoms with Gasteiger partial charge < -0.3 is 22.4 Å². The smallest absolute Gasteiger partial charge is 0.487 e. The number of halogens is 3. The minimum absolute atomic E-state index is 0. The number of pyridine rings is 1. The molecule has 0 aliphatic carbocycles. The summed E-state index contributed by atoms with van der Waals surface area (Å²) in [5, 5.41) is 0. The van der Waals surface area contributed by atoms with Gasteiger partial charge >= 0.3 is 58.4 Å². The molecule has 1 aromatic heterocycles. The fourth-order valence-corrected chi connectivity index (χ4v) is 1.62. The van der Waals surface area contributed by atoms with Crippen LogP contribution in [0.2, 0.25) is 0 Å². The van der Waals surface area contributed by atoms with E-state index < -0.39 is 12.4 Å². The molecule has 1 heterocycles. The number of aromatic nitrogens is 1. The molecule has 0 fully saturated rings. The molecular formula is C13H12BF3KNO2. The van der Waals surface area contributed by atoms with Crippen molar-refractivity contribution in [3.8, 4) is 11.6 Å². The van der Waals surface area contributed by atoms with Gasteiger partial charge in [-0.3, -0.25) is 0 Å². The van der Waals surface area contributed by atoms with Gasteiger partial charge in [-0.25, -0.2) is 4.98 Å². The number of hydrogen-bond donors (Lipinski definition) is 0. The first-order valence-corrected chi connectivity index (χ1v) is 5.91. The molecule has 1 aromatic carbocycles. The Balaban J connectivity index is 0.00000220. The topological polar surface area (TPSA) is 31.4 Å². The van der Waals surface area contributed by atoms with E-state index in [1.807, 2.05) is 0 Å². The van der Waals surface area contributed by atoms with Crippen molar-refractivity contribution >= 4 is 12.4 Å². The SMILES string of the molecule is COc1cccc(COc2cccc([B-](F)(F)F)c2)n1.[K+]. The Kier molecular flexibility index (Phi) is 7.22. The first kappa shape index (κ1) is 18.5. The largest absolute Gasteiger partial charge is 1.00 e. The maximum absolute atomic E-state index is 12.6. The Morgan fingerprint density at radius 2 is 1.81 bits per heavy atom. The maximum Gasteiger partial charge on any atom is 1.00 e. The molecular weight excluding hydrogens is 309 g/mol. The van der Waals surface area contributed by atoms with Crippen molar-refractivity contribution in [2.45, 2.75) is 6.61 Å². The Bertz CT molecular complexity index is 596. The molecule has 3 nitrogen and oxygen atoms in total. The van der Waals surface area contributed by atoms with E-state index >= 15 is 0 Å². The Hall–Kier alpha value is -0.539. The van der Waals surface area contributed by atoms with Crippen molar-refractivity contribution in [2.75, 3.05) is 7.11 Å². The number of methoxy groups -OCH3 is 1. The molecule has 8 heteroatoms. The van der Waals surface area contributed by atoms with Crippen LogP contribution in [0.5, 0.6) is 11.6 Å². The molecule has 0 unspecified atom stereocenters. The van der Waals surface area contributed by atoms with Gasteiger partial charge in [0.1, 0.15) is 12.4 Å². The normalized spacial score (nSPS) is 10.7. The van der Waals surface area contributed by atoms with Gasteiger partial charge in [0, 0.05) is 6.07 Å². The van der Waals surface area contributed by atoms with Crippen LogP contribution in [-0.2, 0) is 6.61 Å². The fraction of sp³-hybridized carbons (Fsp3) is 0.154. The van der Waals surface area contributed by atoms with E-state index in [4.69, 9.17) is 9.47 Å². The summed E-state index contributed by atoms with van der Waals surface area (Å²) in [6.07, 6.45) is 0. The second kappa shape index (κ2) is 8.19. The monoisotopic (exact) mass is 321 g/mol. The van der Waals surface area contributed by atoms with Crippen LogP contribution in [0.4, 0.5) is 12.9 Å². The Labute approximate surface area is 163 Å². The Morgan fingerprint density at radius 1 is 1.10 bits per heavy atom. The molecule has 2 rings (SSSR count). The maximum atomic E-state index is 12.6. The summed E-state index contributed by atoms with van der Waals surface area (Å²) >= 11 is 0. The van der Waals surface area contributed by atoms with Crippen molar-refractivity contribution in [3.63, 3.8) is 0 Å². The predicted molar refractivity (Wildman–Crippen MR) is 70.3 cm³/mol. The predicted octanol–water partition coefficient (Wildman–Crippen LogP) is -0.272. The summed E-state index contributed by atoms with van der Waals surface area (Å²) in [7, 11) is 1.49. The first-order valence-electron chi connectivity index (χ1n) is 5.91. The minimum atomic E-state index is -5.02. The minimum Gasteiger partial charge on any atom is -0.487 e. The third-order valence-electron chi connectivity index (χ3n) is 2.61. The van der Waals surface area contributed by atoms with Gasteiger partial charge in [0.2, 0.25) is 5.88 Å². The van der Waals surface area contributed by atoms with Gasteiger partial charge in [0.05, 0.1) is 12.8 Å². The van der Waals surface area contributed by atoms with E-state index in [0.717, 1.165) is 12.1 Å². The van der Waals surface area contributed by atoms with E-state index in [1.54, 1.807) is 18.2 Å². The van der Waals surface area contributed by atoms with Crippen molar-refractivity contribution in [3.05, 3.63) is 48.2 Å². The molecule has 0 amide bonds. The number of ether oxygens (including phenoxy) is 2. The molecule has 0 aliphatic heterocycles. The molecule has 0 atom stereocenters. The average Bonchev–Trinajstić information content (AvgIpc) is 2.45. The third-order valence-corrected chi connectivity index (χ3v) is 2.61.